The molecule has 1 heterocycles. The molecule has 0 bridgehead atoms. The molecule has 1 N–H and O–H groups in total. The van der Waals surface area contributed by atoms with Crippen LogP contribution in [-0.2, 0) is 0 Å². The second-order valence-electron chi connectivity index (χ2n) is 3.63. The molecule has 0 spiro atoms. The third-order valence-corrected chi connectivity index (χ3v) is 2.56. The molecule has 0 saturated carbocycles. The van der Waals surface area contributed by atoms with Crippen molar-refractivity contribution in [1.82, 2.24) is 4.90 Å². The largest absolute Gasteiger partial charge is 0.378 e. The Morgan fingerprint density at radius 3 is 2.92 bits per heavy atom. The van der Waals surface area contributed by atoms with Gasteiger partial charge in [0.2, 0.25) is 0 Å². The summed E-state index contributed by atoms with van der Waals surface area (Å²) < 4.78 is 0. The standard InChI is InChI=1S/C10H18N2O/c11-7-3-1-4-8-12-9-5-2-6-10(12)13/h10,13H,1-6,8-9H2. The summed E-state index contributed by atoms with van der Waals surface area (Å²) in [4.78, 5) is 2.13. The molecule has 3 nitrogen and oxygen atoms in total. The van der Waals surface area contributed by atoms with Crippen molar-refractivity contribution in [3.05, 3.63) is 0 Å². The Bertz CT molecular complexity index is 176. The smallest absolute Gasteiger partial charge is 0.107 e. The van der Waals surface area contributed by atoms with Crippen molar-refractivity contribution in [3.63, 3.8) is 0 Å². The highest BCUT2D eigenvalue weighted by molar-refractivity contribution is 4.71. The fraction of sp³-hybridized carbons (Fsp3) is 0.900. The third-order valence-electron chi connectivity index (χ3n) is 2.56. The second kappa shape index (κ2) is 5.95. The maximum atomic E-state index is 9.59. The first-order valence-corrected chi connectivity index (χ1v) is 5.13. The first-order chi connectivity index (χ1) is 6.34. The van der Waals surface area contributed by atoms with Crippen LogP contribution >= 0.6 is 0 Å². The summed E-state index contributed by atoms with van der Waals surface area (Å²) in [5.41, 5.74) is 0. The van der Waals surface area contributed by atoms with Crippen LogP contribution in [0.2, 0.25) is 0 Å². The zero-order valence-corrected chi connectivity index (χ0v) is 8.08. The van der Waals surface area contributed by atoms with Crippen molar-refractivity contribution in [3.8, 4) is 6.07 Å². The molecular weight excluding hydrogens is 164 g/mol. The zero-order chi connectivity index (χ0) is 9.52. The molecule has 1 rings (SSSR count). The molecule has 0 aromatic rings. The molecule has 1 saturated heterocycles. The number of aliphatic hydroxyl groups is 1. The Morgan fingerprint density at radius 1 is 1.38 bits per heavy atom. The number of unbranched alkanes of at least 4 members (excludes halogenated alkanes) is 2. The van der Waals surface area contributed by atoms with Gasteiger partial charge in [0.25, 0.3) is 0 Å². The van der Waals surface area contributed by atoms with Gasteiger partial charge in [-0.05, 0) is 32.1 Å². The fourth-order valence-corrected chi connectivity index (χ4v) is 1.75. The van der Waals surface area contributed by atoms with E-state index in [1.807, 2.05) is 0 Å². The summed E-state index contributed by atoms with van der Waals surface area (Å²) >= 11 is 0. The lowest BCUT2D eigenvalue weighted by molar-refractivity contribution is -0.0241. The van der Waals surface area contributed by atoms with E-state index in [0.717, 1.165) is 38.8 Å². The minimum Gasteiger partial charge on any atom is -0.378 e. The summed E-state index contributed by atoms with van der Waals surface area (Å²) in [6.07, 6.45) is 5.67. The van der Waals surface area contributed by atoms with Crippen molar-refractivity contribution in [2.24, 2.45) is 0 Å². The van der Waals surface area contributed by atoms with Gasteiger partial charge >= 0.3 is 0 Å². The van der Waals surface area contributed by atoms with Gasteiger partial charge in [-0.25, -0.2) is 0 Å². The van der Waals surface area contributed by atoms with E-state index < -0.39 is 0 Å². The predicted molar refractivity (Wildman–Crippen MR) is 50.9 cm³/mol. The van der Waals surface area contributed by atoms with Gasteiger partial charge in [0.1, 0.15) is 6.23 Å². The minimum absolute atomic E-state index is 0.226. The number of piperidine rings is 1. The topological polar surface area (TPSA) is 47.3 Å². The Labute approximate surface area is 80.0 Å². The van der Waals surface area contributed by atoms with Gasteiger partial charge < -0.3 is 5.11 Å². The lowest BCUT2D eigenvalue weighted by Crippen LogP contribution is -2.39. The van der Waals surface area contributed by atoms with E-state index in [0.29, 0.717) is 6.42 Å². The molecule has 1 fully saturated rings. The zero-order valence-electron chi connectivity index (χ0n) is 8.08. The second-order valence-corrected chi connectivity index (χ2v) is 3.63. The van der Waals surface area contributed by atoms with Crippen molar-refractivity contribution < 1.29 is 5.11 Å². The molecule has 1 aliphatic heterocycles. The Hall–Kier alpha value is -0.590. The normalized spacial score (nSPS) is 24.2. The molecule has 74 valence electrons. The van der Waals surface area contributed by atoms with Gasteiger partial charge in [-0.15, -0.1) is 0 Å². The van der Waals surface area contributed by atoms with E-state index in [2.05, 4.69) is 11.0 Å². The van der Waals surface area contributed by atoms with Gasteiger partial charge in [-0.1, -0.05) is 0 Å². The van der Waals surface area contributed by atoms with E-state index in [9.17, 15) is 5.11 Å². The highest BCUT2D eigenvalue weighted by Gasteiger charge is 2.18. The molecule has 1 atom stereocenters. The lowest BCUT2D eigenvalue weighted by Gasteiger charge is -2.31. The lowest BCUT2D eigenvalue weighted by atomic mass is 10.1. The highest BCUT2D eigenvalue weighted by atomic mass is 16.3. The Balaban J connectivity index is 2.09. The molecule has 1 aliphatic rings. The number of aliphatic hydroxyl groups excluding tert-OH is 1. The predicted octanol–water partition coefficient (Wildman–Crippen LogP) is 1.48. The summed E-state index contributed by atoms with van der Waals surface area (Å²) in [6, 6.07) is 2.14. The highest BCUT2D eigenvalue weighted by Crippen LogP contribution is 2.15. The van der Waals surface area contributed by atoms with Crippen molar-refractivity contribution in [2.75, 3.05) is 13.1 Å². The molecule has 1 unspecified atom stereocenters. The molecule has 3 heteroatoms. The van der Waals surface area contributed by atoms with Crippen molar-refractivity contribution in [1.29, 1.82) is 5.26 Å². The van der Waals surface area contributed by atoms with Crippen LogP contribution in [0.15, 0.2) is 0 Å². The molecule has 0 aromatic heterocycles. The van der Waals surface area contributed by atoms with Crippen LogP contribution in [0.5, 0.6) is 0 Å². The maximum Gasteiger partial charge on any atom is 0.107 e. The van der Waals surface area contributed by atoms with Gasteiger partial charge in [-0.2, -0.15) is 5.26 Å². The van der Waals surface area contributed by atoms with Crippen LogP contribution < -0.4 is 0 Å². The summed E-state index contributed by atoms with van der Waals surface area (Å²) in [5.74, 6) is 0. The van der Waals surface area contributed by atoms with Gasteiger partial charge in [-0.3, -0.25) is 4.90 Å². The van der Waals surface area contributed by atoms with Gasteiger partial charge in [0.15, 0.2) is 0 Å². The molecule has 13 heavy (non-hydrogen) atoms. The summed E-state index contributed by atoms with van der Waals surface area (Å²) in [7, 11) is 0. The number of hydrogen-bond acceptors (Lipinski definition) is 3. The van der Waals surface area contributed by atoms with Crippen LogP contribution in [0.4, 0.5) is 0 Å². The summed E-state index contributed by atoms with van der Waals surface area (Å²) in [5, 5.41) is 17.9. The molecule has 0 radical (unpaired) electrons. The monoisotopic (exact) mass is 182 g/mol. The quantitative estimate of drug-likeness (QED) is 0.670. The van der Waals surface area contributed by atoms with E-state index in [1.165, 1.54) is 6.42 Å². The van der Waals surface area contributed by atoms with Crippen molar-refractivity contribution >= 4 is 0 Å². The van der Waals surface area contributed by atoms with Crippen molar-refractivity contribution in [2.45, 2.75) is 44.8 Å². The van der Waals surface area contributed by atoms with E-state index in [1.54, 1.807) is 0 Å². The number of nitriles is 1. The van der Waals surface area contributed by atoms with E-state index >= 15 is 0 Å². The van der Waals surface area contributed by atoms with Crippen LogP contribution in [-0.4, -0.2) is 29.3 Å². The number of rotatable bonds is 4. The first-order valence-electron chi connectivity index (χ1n) is 5.13. The molecule has 0 amide bonds. The van der Waals surface area contributed by atoms with E-state index in [-0.39, 0.29) is 6.23 Å². The minimum atomic E-state index is -0.226. The average molecular weight is 182 g/mol. The number of nitrogens with zero attached hydrogens (tertiary/aromatic N) is 2. The van der Waals surface area contributed by atoms with Crippen LogP contribution in [0.25, 0.3) is 0 Å². The number of likely N-dealkylation sites (tertiary alicyclic amines) is 1. The summed E-state index contributed by atoms with van der Waals surface area (Å²) in [6.45, 7) is 1.97. The Kier molecular flexibility index (Phi) is 4.81. The van der Waals surface area contributed by atoms with E-state index in [4.69, 9.17) is 5.26 Å². The van der Waals surface area contributed by atoms with Gasteiger partial charge in [0, 0.05) is 19.5 Å². The maximum absolute atomic E-state index is 9.59. The average Bonchev–Trinajstić information content (AvgIpc) is 2.15. The SMILES string of the molecule is N#CCCCCN1CCCCC1O. The molecule has 0 aliphatic carbocycles. The van der Waals surface area contributed by atoms with Crippen LogP contribution in [0.3, 0.4) is 0 Å². The molecular formula is C10H18N2O. The first kappa shape index (κ1) is 10.5. The number of hydrogen-bond donors (Lipinski definition) is 1. The molecule has 0 aromatic carbocycles. The Morgan fingerprint density at radius 2 is 2.23 bits per heavy atom. The third kappa shape index (κ3) is 3.75. The van der Waals surface area contributed by atoms with Crippen LogP contribution in [0.1, 0.15) is 38.5 Å². The fourth-order valence-electron chi connectivity index (χ4n) is 1.75. The van der Waals surface area contributed by atoms with Crippen LogP contribution in [0, 0.1) is 11.3 Å². The van der Waals surface area contributed by atoms with Gasteiger partial charge in [0.05, 0.1) is 6.07 Å².